The van der Waals surface area contributed by atoms with E-state index in [1.165, 1.54) is 0 Å². The lowest BCUT2D eigenvalue weighted by Gasteiger charge is -1.87. The summed E-state index contributed by atoms with van der Waals surface area (Å²) in [5.74, 6) is 0. The largest absolute Gasteiger partial charge is 0.277 e. The minimum absolute atomic E-state index is 0.424. The van der Waals surface area contributed by atoms with Crippen LogP contribution in [0.15, 0.2) is 0 Å². The predicted molar refractivity (Wildman–Crippen MR) is 28.0 cm³/mol. The lowest BCUT2D eigenvalue weighted by atomic mass is 11.2. The van der Waals surface area contributed by atoms with Crippen LogP contribution in [0.2, 0.25) is 0 Å². The smallest absolute Gasteiger partial charge is 0.225 e. The molecule has 3 nitrogen and oxygen atoms in total. The highest BCUT2D eigenvalue weighted by Crippen LogP contribution is 1.83. The first-order valence-corrected chi connectivity index (χ1v) is 2.12. The van der Waals surface area contributed by atoms with E-state index in [1.54, 1.807) is 22.9 Å². The van der Waals surface area contributed by atoms with Crippen molar-refractivity contribution in [2.24, 2.45) is 0 Å². The molecule has 0 radical (unpaired) electrons. The van der Waals surface area contributed by atoms with Crippen LogP contribution in [0.3, 0.4) is 0 Å². The topological polar surface area (TPSA) is 37.4 Å². The Morgan fingerprint density at radius 2 is 1.67 bits per heavy atom. The molecule has 2 amide bonds. The van der Waals surface area contributed by atoms with Crippen LogP contribution in [0.5, 0.6) is 0 Å². The van der Waals surface area contributed by atoms with Crippen molar-refractivity contribution in [3.8, 4) is 0 Å². The van der Waals surface area contributed by atoms with Gasteiger partial charge in [-0.25, -0.2) is 3.11 Å². The fraction of sp³-hybridized carbons (Fsp3) is 0. The fourth-order valence-corrected chi connectivity index (χ4v) is 0.0248. The summed E-state index contributed by atoms with van der Waals surface area (Å²) < 4.78 is 0.859. The Balaban J connectivity index is 3.21. The summed E-state index contributed by atoms with van der Waals surface area (Å²) in [5.41, 5.74) is 0. The zero-order chi connectivity index (χ0) is 4.99. The normalized spacial score (nSPS) is 6.83. The number of amides is 2. The van der Waals surface area contributed by atoms with Crippen LogP contribution in [0.25, 0.3) is 0 Å². The van der Waals surface area contributed by atoms with Gasteiger partial charge in [0.2, 0.25) is 12.8 Å². The third kappa shape index (κ3) is 2.13. The van der Waals surface area contributed by atoms with E-state index in [0.717, 1.165) is 3.11 Å². The average molecular weight is 199 g/mol. The van der Waals surface area contributed by atoms with E-state index < -0.39 is 0 Å². The molecule has 0 aliphatic heterocycles. The van der Waals surface area contributed by atoms with E-state index in [0.29, 0.717) is 12.8 Å². The number of imide groups is 1. The Morgan fingerprint density at radius 3 is 1.67 bits per heavy atom. The molecule has 0 unspecified atom stereocenters. The molecule has 0 aliphatic rings. The summed E-state index contributed by atoms with van der Waals surface area (Å²) >= 11 is 1.57. The lowest BCUT2D eigenvalue weighted by Crippen LogP contribution is -2.02. The third-order valence-corrected chi connectivity index (χ3v) is 0.656. The van der Waals surface area contributed by atoms with Crippen LogP contribution in [0.4, 0.5) is 0 Å². The van der Waals surface area contributed by atoms with Gasteiger partial charge in [0, 0.05) is 0 Å². The van der Waals surface area contributed by atoms with Gasteiger partial charge in [-0.3, -0.25) is 9.59 Å². The minimum Gasteiger partial charge on any atom is -0.277 e. The number of carbonyl (C=O) groups excluding carboxylic acids is 2. The van der Waals surface area contributed by atoms with Crippen molar-refractivity contribution in [1.82, 2.24) is 3.11 Å². The maximum absolute atomic E-state index is 9.42. The number of nitrogens with zero attached hydrogens (tertiary/aromatic N) is 1. The van der Waals surface area contributed by atoms with Crippen molar-refractivity contribution in [2.45, 2.75) is 0 Å². The molecule has 0 heterocycles. The highest BCUT2D eigenvalue weighted by molar-refractivity contribution is 14.1. The van der Waals surface area contributed by atoms with Crippen molar-refractivity contribution in [3.63, 3.8) is 0 Å². The molecule has 0 bridgehead atoms. The van der Waals surface area contributed by atoms with E-state index in [2.05, 4.69) is 0 Å². The Bertz CT molecular complexity index is 56.6. The Labute approximate surface area is 48.8 Å². The second kappa shape index (κ2) is 3.08. The molecule has 0 N–H and O–H groups in total. The van der Waals surface area contributed by atoms with Crippen molar-refractivity contribution in [2.75, 3.05) is 0 Å². The number of rotatable bonds is 2. The Hall–Kier alpha value is -0.130. The van der Waals surface area contributed by atoms with Crippen molar-refractivity contribution >= 4 is 35.7 Å². The molecule has 0 atom stereocenters. The molecule has 0 spiro atoms. The highest BCUT2D eigenvalue weighted by atomic mass is 127. The molecular weight excluding hydrogens is 197 g/mol. The summed E-state index contributed by atoms with van der Waals surface area (Å²) in [5, 5.41) is 0. The number of carbonyl (C=O) groups is 2. The second-order valence-corrected chi connectivity index (χ2v) is 1.67. The molecule has 4 heteroatoms. The summed E-state index contributed by atoms with van der Waals surface area (Å²) in [6.45, 7) is 0. The zero-order valence-electron chi connectivity index (χ0n) is 2.80. The predicted octanol–water partition coefficient (Wildman–Crippen LogP) is -0.0488. The van der Waals surface area contributed by atoms with Gasteiger partial charge in [0.15, 0.2) is 0 Å². The van der Waals surface area contributed by atoms with E-state index in [9.17, 15) is 9.59 Å². The summed E-state index contributed by atoms with van der Waals surface area (Å²) in [4.78, 5) is 18.8. The van der Waals surface area contributed by atoms with Crippen LogP contribution in [0.1, 0.15) is 0 Å². The first kappa shape index (κ1) is 5.87. The van der Waals surface area contributed by atoms with Crippen LogP contribution >= 0.6 is 22.9 Å². The lowest BCUT2D eigenvalue weighted by molar-refractivity contribution is -0.122. The molecule has 0 saturated carbocycles. The minimum atomic E-state index is 0.424. The van der Waals surface area contributed by atoms with Crippen LogP contribution in [-0.2, 0) is 9.59 Å². The maximum Gasteiger partial charge on any atom is 0.225 e. The monoisotopic (exact) mass is 199 g/mol. The highest BCUT2D eigenvalue weighted by Gasteiger charge is 1.82. The Morgan fingerprint density at radius 1 is 1.33 bits per heavy atom. The zero-order valence-corrected chi connectivity index (χ0v) is 4.95. The van der Waals surface area contributed by atoms with Gasteiger partial charge in [-0.2, -0.15) is 0 Å². The molecule has 0 aromatic heterocycles. The summed E-state index contributed by atoms with van der Waals surface area (Å²) in [7, 11) is 0. The number of hydrogen-bond donors (Lipinski definition) is 0. The Kier molecular flexibility index (Phi) is 3.01. The second-order valence-electron chi connectivity index (χ2n) is 0.555. The summed E-state index contributed by atoms with van der Waals surface area (Å²) in [6, 6.07) is 0. The van der Waals surface area contributed by atoms with E-state index in [4.69, 9.17) is 0 Å². The van der Waals surface area contributed by atoms with E-state index in [-0.39, 0.29) is 0 Å². The van der Waals surface area contributed by atoms with Gasteiger partial charge in [-0.15, -0.1) is 0 Å². The first-order chi connectivity index (χ1) is 2.81. The number of hydrogen-bond acceptors (Lipinski definition) is 2. The molecule has 0 saturated heterocycles. The van der Waals surface area contributed by atoms with Crippen molar-refractivity contribution < 1.29 is 9.59 Å². The van der Waals surface area contributed by atoms with Crippen LogP contribution in [-0.4, -0.2) is 15.9 Å². The average Bonchev–Trinajstić information content (AvgIpc) is 1.65. The standard InChI is InChI=1S/C2H2INO2/c3-4(1-5)2-6/h1-2H. The summed E-state index contributed by atoms with van der Waals surface area (Å²) in [6.07, 6.45) is 0.848. The van der Waals surface area contributed by atoms with Crippen LogP contribution < -0.4 is 0 Å². The third-order valence-electron chi connectivity index (χ3n) is 0.201. The molecule has 0 fully saturated rings. The van der Waals surface area contributed by atoms with E-state index in [1.807, 2.05) is 0 Å². The van der Waals surface area contributed by atoms with Crippen molar-refractivity contribution in [3.05, 3.63) is 0 Å². The molecule has 34 valence electrons. The number of halogens is 1. The van der Waals surface area contributed by atoms with Gasteiger partial charge in [0.05, 0.1) is 22.9 Å². The maximum atomic E-state index is 9.42. The SMILES string of the molecule is O=CN(I)C=O. The van der Waals surface area contributed by atoms with Gasteiger partial charge < -0.3 is 0 Å². The van der Waals surface area contributed by atoms with E-state index >= 15 is 0 Å². The van der Waals surface area contributed by atoms with Gasteiger partial charge >= 0.3 is 0 Å². The van der Waals surface area contributed by atoms with Crippen molar-refractivity contribution in [1.29, 1.82) is 0 Å². The first-order valence-electron chi connectivity index (χ1n) is 1.16. The van der Waals surface area contributed by atoms with Crippen LogP contribution in [0, 0.1) is 0 Å². The van der Waals surface area contributed by atoms with Gasteiger partial charge in [-0.05, 0) is 0 Å². The molecule has 6 heavy (non-hydrogen) atoms. The molecule has 0 rings (SSSR count). The molecular formula is C2H2INO2. The molecule has 0 aliphatic carbocycles. The van der Waals surface area contributed by atoms with Gasteiger partial charge in [0.25, 0.3) is 0 Å². The molecule has 0 aromatic rings. The van der Waals surface area contributed by atoms with Gasteiger partial charge in [-0.1, -0.05) is 0 Å². The quantitative estimate of drug-likeness (QED) is 0.355. The molecule has 0 aromatic carbocycles. The fourth-order valence-electron chi connectivity index (χ4n) is 0.0248. The van der Waals surface area contributed by atoms with Gasteiger partial charge in [0.1, 0.15) is 0 Å².